The van der Waals surface area contributed by atoms with Gasteiger partial charge in [-0.25, -0.2) is 9.97 Å². The summed E-state index contributed by atoms with van der Waals surface area (Å²) >= 11 is 1.78. The summed E-state index contributed by atoms with van der Waals surface area (Å²) in [6, 6.07) is 2.22. The molecule has 2 N–H and O–H groups in total. The Hall–Kier alpha value is -2.03. The van der Waals surface area contributed by atoms with Crippen LogP contribution in [0, 0.1) is 5.92 Å². The lowest BCUT2D eigenvalue weighted by Gasteiger charge is -2.44. The molecule has 2 aromatic heterocycles. The summed E-state index contributed by atoms with van der Waals surface area (Å²) < 4.78 is 12.3. The summed E-state index contributed by atoms with van der Waals surface area (Å²) in [5.41, 5.74) is 7.53. The van der Waals surface area contributed by atoms with Crippen LogP contribution < -0.4 is 5.73 Å². The molecule has 4 aliphatic rings. The number of anilines is 1. The maximum atomic E-state index is 13.1. The van der Waals surface area contributed by atoms with Crippen LogP contribution in [0.3, 0.4) is 0 Å². The van der Waals surface area contributed by atoms with Crippen LogP contribution in [0.5, 0.6) is 0 Å². The van der Waals surface area contributed by atoms with Crippen LogP contribution >= 0.6 is 11.3 Å². The zero-order valence-electron chi connectivity index (χ0n) is 16.9. The van der Waals surface area contributed by atoms with Crippen molar-refractivity contribution in [3.63, 3.8) is 0 Å². The molecule has 0 aliphatic carbocycles. The lowest BCUT2D eigenvalue weighted by molar-refractivity contribution is -0.146. The first-order chi connectivity index (χ1) is 14.6. The lowest BCUT2D eigenvalue weighted by atomic mass is 9.81. The molecule has 1 amide bonds. The number of fused-ring (bicyclic) bond motifs is 4. The third-order valence-electron chi connectivity index (χ3n) is 7.24. The minimum absolute atomic E-state index is 0.0671. The summed E-state index contributed by atoms with van der Waals surface area (Å²) in [6.07, 6.45) is 9.47. The highest BCUT2D eigenvalue weighted by molar-refractivity contribution is 7.15. The monoisotopic (exact) mass is 426 g/mol. The molecule has 2 bridgehead atoms. The van der Waals surface area contributed by atoms with Crippen molar-refractivity contribution in [1.29, 1.82) is 0 Å². The van der Waals surface area contributed by atoms with Gasteiger partial charge in [0, 0.05) is 24.4 Å². The number of carbonyl (C=O) groups is 1. The van der Waals surface area contributed by atoms with E-state index in [1.165, 1.54) is 10.4 Å². The molecule has 0 saturated carbocycles. The Morgan fingerprint density at radius 1 is 1.23 bits per heavy atom. The van der Waals surface area contributed by atoms with Crippen molar-refractivity contribution in [1.82, 2.24) is 14.9 Å². The highest BCUT2D eigenvalue weighted by Gasteiger charge is 2.48. The van der Waals surface area contributed by atoms with Crippen LogP contribution in [0.2, 0.25) is 0 Å². The number of aromatic nitrogens is 2. The molecule has 3 saturated heterocycles. The number of carbonyl (C=O) groups excluding carboxylic acids is 1. The number of rotatable bonds is 2. The molecule has 4 aliphatic heterocycles. The van der Waals surface area contributed by atoms with Gasteiger partial charge in [-0.1, -0.05) is 0 Å². The predicted octanol–water partition coefficient (Wildman–Crippen LogP) is 2.75. The second-order valence-corrected chi connectivity index (χ2v) is 10.0. The first kappa shape index (κ1) is 18.7. The zero-order chi connectivity index (χ0) is 20.3. The maximum Gasteiger partial charge on any atom is 0.228 e. The van der Waals surface area contributed by atoms with Crippen molar-refractivity contribution in [2.75, 3.05) is 25.4 Å². The second kappa shape index (κ2) is 7.00. The quantitative estimate of drug-likeness (QED) is 0.794. The van der Waals surface area contributed by atoms with Gasteiger partial charge in [-0.2, -0.15) is 0 Å². The first-order valence-corrected chi connectivity index (χ1v) is 11.7. The van der Waals surface area contributed by atoms with Gasteiger partial charge in [0.1, 0.15) is 5.82 Å². The number of thiophene rings is 1. The lowest BCUT2D eigenvalue weighted by Crippen LogP contribution is -2.50. The predicted molar refractivity (Wildman–Crippen MR) is 113 cm³/mol. The molecule has 2 aromatic rings. The summed E-state index contributed by atoms with van der Waals surface area (Å²) in [4.78, 5) is 26.3. The number of amides is 1. The Morgan fingerprint density at radius 3 is 2.80 bits per heavy atom. The van der Waals surface area contributed by atoms with Gasteiger partial charge in [-0.05, 0) is 43.7 Å². The molecular weight excluding hydrogens is 400 g/mol. The van der Waals surface area contributed by atoms with E-state index in [0.29, 0.717) is 11.9 Å². The fraction of sp³-hybridized carbons (Fsp3) is 0.591. The van der Waals surface area contributed by atoms with Gasteiger partial charge in [0.15, 0.2) is 0 Å². The summed E-state index contributed by atoms with van der Waals surface area (Å²) in [7, 11) is 0. The Labute approximate surface area is 179 Å². The molecular formula is C22H26N4O3S. The van der Waals surface area contributed by atoms with Gasteiger partial charge in [-0.3, -0.25) is 4.79 Å². The molecule has 7 nitrogen and oxygen atoms in total. The number of nitrogens with two attached hydrogens (primary N) is 1. The van der Waals surface area contributed by atoms with E-state index in [-0.39, 0.29) is 23.5 Å². The summed E-state index contributed by atoms with van der Waals surface area (Å²) in [6.45, 7) is 2.23. The molecule has 6 rings (SSSR count). The molecule has 3 fully saturated rings. The third kappa shape index (κ3) is 2.96. The van der Waals surface area contributed by atoms with Gasteiger partial charge in [0.2, 0.25) is 5.91 Å². The highest BCUT2D eigenvalue weighted by Crippen LogP contribution is 2.47. The van der Waals surface area contributed by atoms with E-state index in [4.69, 9.17) is 15.2 Å². The van der Waals surface area contributed by atoms with E-state index in [9.17, 15) is 4.79 Å². The van der Waals surface area contributed by atoms with Crippen molar-refractivity contribution in [2.24, 2.45) is 5.92 Å². The van der Waals surface area contributed by atoms with Crippen LogP contribution in [0.15, 0.2) is 18.5 Å². The van der Waals surface area contributed by atoms with Gasteiger partial charge in [0.05, 0.1) is 53.3 Å². The van der Waals surface area contributed by atoms with Crippen LogP contribution in [0.4, 0.5) is 5.82 Å². The Morgan fingerprint density at radius 2 is 2.10 bits per heavy atom. The average Bonchev–Trinajstić information content (AvgIpc) is 3.51. The number of hydrogen-bond acceptors (Lipinski definition) is 7. The molecule has 158 valence electrons. The van der Waals surface area contributed by atoms with Crippen molar-refractivity contribution in [2.45, 2.75) is 56.3 Å². The summed E-state index contributed by atoms with van der Waals surface area (Å²) in [5.74, 6) is 0.784. The van der Waals surface area contributed by atoms with Crippen LogP contribution in [-0.4, -0.2) is 52.7 Å². The average molecular weight is 427 g/mol. The molecule has 0 unspecified atom stereocenters. The molecule has 3 atom stereocenters. The number of piperidine rings is 1. The number of likely N-dealkylation sites (tertiary alicyclic amines) is 1. The van der Waals surface area contributed by atoms with Crippen molar-refractivity contribution >= 4 is 23.1 Å². The van der Waals surface area contributed by atoms with Gasteiger partial charge >= 0.3 is 0 Å². The standard InChI is InChI=1S/C22H26N4O3S/c23-20-12-24-16(11-25-20)19-10-15-18(30-19)3-8-28-22(15)4-6-26(7-5-22)21(27)14-9-13-1-2-17(14)29-13/h10-14,17H,1-9H2,(H2,23,25)/t13-,14+,17+/m0/s1. The highest BCUT2D eigenvalue weighted by atomic mass is 32.1. The number of ether oxygens (including phenoxy) is 2. The molecule has 1 spiro atoms. The van der Waals surface area contributed by atoms with Gasteiger partial charge in [0.25, 0.3) is 0 Å². The summed E-state index contributed by atoms with van der Waals surface area (Å²) in [5, 5.41) is 0. The van der Waals surface area contributed by atoms with Crippen LogP contribution in [0.1, 0.15) is 42.5 Å². The Balaban J connectivity index is 1.21. The number of hydrogen-bond donors (Lipinski definition) is 1. The van der Waals surface area contributed by atoms with E-state index < -0.39 is 0 Å². The SMILES string of the molecule is Nc1cnc(-c2cc3c(s2)CCOC32CCN(C(=O)[C@@H]3C[C@@H]4CC[C@H]3O4)CC2)cn1. The number of nitrogens with zero attached hydrogens (tertiary/aromatic N) is 3. The maximum absolute atomic E-state index is 13.1. The largest absolute Gasteiger partial charge is 0.382 e. The molecule has 8 heteroatoms. The second-order valence-electron chi connectivity index (χ2n) is 8.91. The third-order valence-corrected chi connectivity index (χ3v) is 8.45. The van der Waals surface area contributed by atoms with Gasteiger partial charge in [-0.15, -0.1) is 11.3 Å². The fourth-order valence-electron chi connectivity index (χ4n) is 5.64. The molecule has 6 heterocycles. The van der Waals surface area contributed by atoms with Crippen molar-refractivity contribution < 1.29 is 14.3 Å². The van der Waals surface area contributed by atoms with E-state index in [0.717, 1.165) is 68.8 Å². The van der Waals surface area contributed by atoms with E-state index in [1.54, 1.807) is 23.7 Å². The van der Waals surface area contributed by atoms with E-state index in [2.05, 4.69) is 20.9 Å². The van der Waals surface area contributed by atoms with Crippen molar-refractivity contribution in [3.05, 3.63) is 28.9 Å². The Kier molecular flexibility index (Phi) is 4.37. The smallest absolute Gasteiger partial charge is 0.228 e. The minimum atomic E-state index is -0.286. The topological polar surface area (TPSA) is 90.6 Å². The normalized spacial score (nSPS) is 29.3. The van der Waals surface area contributed by atoms with Crippen molar-refractivity contribution in [3.8, 4) is 10.6 Å². The van der Waals surface area contributed by atoms with E-state index >= 15 is 0 Å². The Bertz CT molecular complexity index is 967. The fourth-order valence-corrected chi connectivity index (χ4v) is 6.84. The zero-order valence-corrected chi connectivity index (χ0v) is 17.7. The molecule has 30 heavy (non-hydrogen) atoms. The molecule has 0 aromatic carbocycles. The van der Waals surface area contributed by atoms with Crippen LogP contribution in [0.25, 0.3) is 10.6 Å². The van der Waals surface area contributed by atoms with Crippen LogP contribution in [-0.2, 0) is 26.3 Å². The molecule has 0 radical (unpaired) electrons. The van der Waals surface area contributed by atoms with Gasteiger partial charge < -0.3 is 20.1 Å². The first-order valence-electron chi connectivity index (χ1n) is 10.9. The number of nitrogen functional groups attached to an aromatic ring is 1. The minimum Gasteiger partial charge on any atom is -0.382 e. The van der Waals surface area contributed by atoms with E-state index in [1.807, 2.05) is 0 Å².